The smallest absolute Gasteiger partial charge is 0.270 e. The van der Waals surface area contributed by atoms with Crippen molar-refractivity contribution in [3.63, 3.8) is 0 Å². The number of anilines is 1. The van der Waals surface area contributed by atoms with Gasteiger partial charge in [-0.2, -0.15) is 5.26 Å². The standard InChI is InChI=1S/C17H14BrN3O4/c1-10(13-7-16-17(8-14(13)18)25-5-4-24-16)20-15-3-2-12(21(22)23)6-11(15)9-19/h2-3,6-8,10,20H,4-5H2,1H3. The van der Waals surface area contributed by atoms with Gasteiger partial charge < -0.3 is 14.8 Å². The van der Waals surface area contributed by atoms with Crippen molar-refractivity contribution in [2.45, 2.75) is 13.0 Å². The van der Waals surface area contributed by atoms with Crippen LogP contribution in [-0.4, -0.2) is 18.1 Å². The lowest BCUT2D eigenvalue weighted by Crippen LogP contribution is -2.16. The lowest BCUT2D eigenvalue weighted by molar-refractivity contribution is -0.384. The van der Waals surface area contributed by atoms with E-state index in [4.69, 9.17) is 9.47 Å². The van der Waals surface area contributed by atoms with E-state index >= 15 is 0 Å². The first-order valence-electron chi connectivity index (χ1n) is 7.53. The Morgan fingerprint density at radius 3 is 2.60 bits per heavy atom. The van der Waals surface area contributed by atoms with Crippen molar-refractivity contribution in [3.8, 4) is 17.6 Å². The number of hydrogen-bond donors (Lipinski definition) is 1. The van der Waals surface area contributed by atoms with Gasteiger partial charge in [0.15, 0.2) is 11.5 Å². The van der Waals surface area contributed by atoms with E-state index in [0.717, 1.165) is 10.0 Å². The maximum atomic E-state index is 10.8. The number of nitriles is 1. The number of hydrogen-bond acceptors (Lipinski definition) is 6. The molecule has 0 saturated heterocycles. The summed E-state index contributed by atoms with van der Waals surface area (Å²) in [6.45, 7) is 2.94. The van der Waals surface area contributed by atoms with E-state index in [9.17, 15) is 15.4 Å². The zero-order chi connectivity index (χ0) is 18.0. The second-order valence-corrected chi connectivity index (χ2v) is 6.34. The van der Waals surface area contributed by atoms with Crippen LogP contribution in [0.1, 0.15) is 24.1 Å². The van der Waals surface area contributed by atoms with Crippen LogP contribution in [0.15, 0.2) is 34.8 Å². The van der Waals surface area contributed by atoms with Gasteiger partial charge in [0, 0.05) is 22.6 Å². The highest BCUT2D eigenvalue weighted by atomic mass is 79.9. The monoisotopic (exact) mass is 403 g/mol. The van der Waals surface area contributed by atoms with Crippen molar-refractivity contribution >= 4 is 27.3 Å². The van der Waals surface area contributed by atoms with Gasteiger partial charge in [-0.25, -0.2) is 0 Å². The van der Waals surface area contributed by atoms with Crippen molar-refractivity contribution in [2.24, 2.45) is 0 Å². The van der Waals surface area contributed by atoms with Crippen LogP contribution in [0.3, 0.4) is 0 Å². The van der Waals surface area contributed by atoms with Crippen LogP contribution in [-0.2, 0) is 0 Å². The summed E-state index contributed by atoms with van der Waals surface area (Å²) < 4.78 is 12.0. The minimum absolute atomic E-state index is 0.115. The lowest BCUT2D eigenvalue weighted by atomic mass is 10.1. The topological polar surface area (TPSA) is 97.4 Å². The summed E-state index contributed by atoms with van der Waals surface area (Å²) in [6.07, 6.45) is 0. The van der Waals surface area contributed by atoms with Crippen molar-refractivity contribution in [1.29, 1.82) is 5.26 Å². The first kappa shape index (κ1) is 17.0. The number of rotatable bonds is 4. The third-order valence-electron chi connectivity index (χ3n) is 3.83. The Labute approximate surface area is 152 Å². The molecule has 8 heteroatoms. The van der Waals surface area contributed by atoms with Crippen molar-refractivity contribution in [3.05, 3.63) is 56.0 Å². The Kier molecular flexibility index (Phi) is 4.76. The zero-order valence-corrected chi connectivity index (χ0v) is 14.9. The molecule has 1 N–H and O–H groups in total. The Morgan fingerprint density at radius 1 is 1.28 bits per heavy atom. The summed E-state index contributed by atoms with van der Waals surface area (Å²) in [5.74, 6) is 1.35. The van der Waals surface area contributed by atoms with E-state index in [1.54, 1.807) is 6.07 Å². The third-order valence-corrected chi connectivity index (χ3v) is 4.52. The summed E-state index contributed by atoms with van der Waals surface area (Å²) in [5, 5.41) is 23.3. The minimum Gasteiger partial charge on any atom is -0.486 e. The molecule has 1 aliphatic heterocycles. The number of ether oxygens (including phenoxy) is 2. The van der Waals surface area contributed by atoms with Gasteiger partial charge in [0.1, 0.15) is 19.3 Å². The Hall–Kier alpha value is -2.79. The average molecular weight is 404 g/mol. The molecular weight excluding hydrogens is 390 g/mol. The van der Waals surface area contributed by atoms with E-state index in [-0.39, 0.29) is 17.3 Å². The van der Waals surface area contributed by atoms with Gasteiger partial charge in [0.05, 0.1) is 16.2 Å². The maximum Gasteiger partial charge on any atom is 0.270 e. The maximum absolute atomic E-state index is 10.8. The number of nitro benzene ring substituents is 1. The predicted molar refractivity (Wildman–Crippen MR) is 95.0 cm³/mol. The quantitative estimate of drug-likeness (QED) is 0.607. The van der Waals surface area contributed by atoms with E-state index < -0.39 is 4.92 Å². The normalized spacial score (nSPS) is 13.6. The number of nitrogens with zero attached hydrogens (tertiary/aromatic N) is 2. The molecule has 0 radical (unpaired) electrons. The van der Waals surface area contributed by atoms with E-state index in [2.05, 4.69) is 21.2 Å². The Morgan fingerprint density at radius 2 is 1.96 bits per heavy atom. The summed E-state index contributed by atoms with van der Waals surface area (Å²) >= 11 is 3.53. The molecule has 0 saturated carbocycles. The third kappa shape index (κ3) is 3.51. The zero-order valence-electron chi connectivity index (χ0n) is 13.3. The van der Waals surface area contributed by atoms with E-state index in [1.807, 2.05) is 25.1 Å². The van der Waals surface area contributed by atoms with Crippen LogP contribution >= 0.6 is 15.9 Å². The fraction of sp³-hybridized carbons (Fsp3) is 0.235. The summed E-state index contributed by atoms with van der Waals surface area (Å²) in [5.41, 5.74) is 1.55. The van der Waals surface area contributed by atoms with Crippen molar-refractivity contribution in [1.82, 2.24) is 0 Å². The second-order valence-electron chi connectivity index (χ2n) is 5.48. The lowest BCUT2D eigenvalue weighted by Gasteiger charge is -2.23. The molecule has 0 bridgehead atoms. The van der Waals surface area contributed by atoms with Crippen LogP contribution < -0.4 is 14.8 Å². The summed E-state index contributed by atoms with van der Waals surface area (Å²) in [4.78, 5) is 10.3. The minimum atomic E-state index is -0.522. The molecular formula is C17H14BrN3O4. The van der Waals surface area contributed by atoms with Crippen LogP contribution in [0.5, 0.6) is 11.5 Å². The van der Waals surface area contributed by atoms with Gasteiger partial charge in [0.2, 0.25) is 0 Å². The first-order valence-corrected chi connectivity index (χ1v) is 8.33. The largest absolute Gasteiger partial charge is 0.486 e. The summed E-state index contributed by atoms with van der Waals surface area (Å²) in [6, 6.07) is 9.72. The highest BCUT2D eigenvalue weighted by Gasteiger charge is 2.19. The van der Waals surface area contributed by atoms with Gasteiger partial charge in [0.25, 0.3) is 5.69 Å². The molecule has 1 atom stereocenters. The van der Waals surface area contributed by atoms with Gasteiger partial charge in [-0.05, 0) is 30.7 Å². The highest BCUT2D eigenvalue weighted by molar-refractivity contribution is 9.10. The first-order chi connectivity index (χ1) is 12.0. The van der Waals surface area contributed by atoms with Crippen molar-refractivity contribution in [2.75, 3.05) is 18.5 Å². The summed E-state index contributed by atoms with van der Waals surface area (Å²) in [7, 11) is 0. The SMILES string of the molecule is CC(Nc1ccc([N+](=O)[O-])cc1C#N)c1cc2c(cc1Br)OCCO2. The predicted octanol–water partition coefficient (Wildman–Crippen LogP) is 4.17. The second kappa shape index (κ2) is 6.99. The molecule has 1 heterocycles. The van der Waals surface area contributed by atoms with Gasteiger partial charge >= 0.3 is 0 Å². The average Bonchev–Trinajstić information content (AvgIpc) is 2.61. The van der Waals surface area contributed by atoms with Crippen LogP contribution in [0.2, 0.25) is 0 Å². The molecule has 0 spiro atoms. The molecule has 2 aromatic carbocycles. The highest BCUT2D eigenvalue weighted by Crippen LogP contribution is 2.38. The molecule has 0 aromatic heterocycles. The molecule has 3 rings (SSSR count). The van der Waals surface area contributed by atoms with Crippen LogP contribution in [0.25, 0.3) is 0 Å². The Balaban J connectivity index is 1.89. The van der Waals surface area contributed by atoms with Crippen LogP contribution in [0, 0.1) is 21.4 Å². The van der Waals surface area contributed by atoms with E-state index in [1.165, 1.54) is 12.1 Å². The molecule has 1 unspecified atom stereocenters. The van der Waals surface area contributed by atoms with Crippen molar-refractivity contribution < 1.29 is 14.4 Å². The van der Waals surface area contributed by atoms with Gasteiger partial charge in [-0.3, -0.25) is 10.1 Å². The van der Waals surface area contributed by atoms with Crippen LogP contribution in [0.4, 0.5) is 11.4 Å². The molecule has 128 valence electrons. The number of nitro groups is 1. The molecule has 0 fully saturated rings. The molecule has 0 aliphatic carbocycles. The number of benzene rings is 2. The number of nitrogens with one attached hydrogen (secondary N) is 1. The molecule has 2 aromatic rings. The fourth-order valence-electron chi connectivity index (χ4n) is 2.59. The fourth-order valence-corrected chi connectivity index (χ4v) is 3.25. The molecule has 0 amide bonds. The molecule has 25 heavy (non-hydrogen) atoms. The molecule has 1 aliphatic rings. The van der Waals surface area contributed by atoms with Gasteiger partial charge in [-0.15, -0.1) is 0 Å². The molecule has 7 nitrogen and oxygen atoms in total. The number of halogens is 1. The Bertz CT molecular complexity index is 879. The van der Waals surface area contributed by atoms with Gasteiger partial charge in [-0.1, -0.05) is 15.9 Å². The number of fused-ring (bicyclic) bond motifs is 1. The number of non-ortho nitro benzene ring substituents is 1. The van der Waals surface area contributed by atoms with E-state index in [0.29, 0.717) is 30.4 Å².